The van der Waals surface area contributed by atoms with Gasteiger partial charge < -0.3 is 14.8 Å². The van der Waals surface area contributed by atoms with Gasteiger partial charge in [-0.15, -0.1) is 0 Å². The van der Waals surface area contributed by atoms with Gasteiger partial charge in [0.2, 0.25) is 0 Å². The van der Waals surface area contributed by atoms with Gasteiger partial charge in [0, 0.05) is 5.69 Å². The summed E-state index contributed by atoms with van der Waals surface area (Å²) >= 11 is 0. The predicted molar refractivity (Wildman–Crippen MR) is 87.7 cm³/mol. The lowest BCUT2D eigenvalue weighted by Crippen LogP contribution is -2.30. The van der Waals surface area contributed by atoms with Gasteiger partial charge in [-0.3, -0.25) is 4.79 Å². The van der Waals surface area contributed by atoms with Crippen LogP contribution in [0.25, 0.3) is 0 Å². The Kier molecular flexibility index (Phi) is 5.36. The minimum Gasteiger partial charge on any atom is -0.496 e. The highest BCUT2D eigenvalue weighted by Crippen LogP contribution is 2.21. The van der Waals surface area contributed by atoms with Gasteiger partial charge in [-0.2, -0.15) is 0 Å². The van der Waals surface area contributed by atoms with Crippen LogP contribution in [0.3, 0.4) is 0 Å². The minimum atomic E-state index is -0.923. The van der Waals surface area contributed by atoms with Crippen LogP contribution in [0.4, 0.5) is 5.69 Å². The monoisotopic (exact) mass is 313 g/mol. The summed E-state index contributed by atoms with van der Waals surface area (Å²) in [5, 5.41) is 2.69. The van der Waals surface area contributed by atoms with Crippen molar-refractivity contribution in [3.8, 4) is 5.75 Å². The third-order valence-electron chi connectivity index (χ3n) is 3.27. The van der Waals surface area contributed by atoms with Crippen molar-refractivity contribution in [1.29, 1.82) is 0 Å². The van der Waals surface area contributed by atoms with Crippen molar-refractivity contribution in [3.63, 3.8) is 0 Å². The number of nitrogens with one attached hydrogen (secondary N) is 1. The Hall–Kier alpha value is -2.82. The summed E-state index contributed by atoms with van der Waals surface area (Å²) in [5.41, 5.74) is 1.85. The Morgan fingerprint density at radius 1 is 1.09 bits per heavy atom. The molecular weight excluding hydrogens is 294 g/mol. The number of aryl methyl sites for hydroxylation is 1. The molecule has 0 aromatic heterocycles. The van der Waals surface area contributed by atoms with E-state index in [2.05, 4.69) is 5.32 Å². The van der Waals surface area contributed by atoms with Gasteiger partial charge in [0.25, 0.3) is 5.91 Å². The van der Waals surface area contributed by atoms with E-state index < -0.39 is 18.0 Å². The highest BCUT2D eigenvalue weighted by molar-refractivity contribution is 5.98. The average molecular weight is 313 g/mol. The van der Waals surface area contributed by atoms with E-state index in [1.807, 2.05) is 31.2 Å². The Labute approximate surface area is 135 Å². The highest BCUT2D eigenvalue weighted by atomic mass is 16.5. The average Bonchev–Trinajstić information content (AvgIpc) is 2.55. The van der Waals surface area contributed by atoms with Crippen LogP contribution in [-0.4, -0.2) is 25.1 Å². The van der Waals surface area contributed by atoms with Crippen molar-refractivity contribution >= 4 is 17.6 Å². The molecule has 0 unspecified atom stereocenters. The van der Waals surface area contributed by atoms with E-state index in [1.54, 1.807) is 24.3 Å². The maximum Gasteiger partial charge on any atom is 0.342 e. The number of rotatable bonds is 5. The molecule has 2 aromatic carbocycles. The van der Waals surface area contributed by atoms with Crippen LogP contribution in [0.15, 0.2) is 48.5 Å². The van der Waals surface area contributed by atoms with Gasteiger partial charge in [-0.25, -0.2) is 4.79 Å². The molecule has 2 rings (SSSR count). The first-order valence-corrected chi connectivity index (χ1v) is 7.23. The second-order valence-corrected chi connectivity index (χ2v) is 5.11. The molecule has 1 amide bonds. The number of carbonyl (C=O) groups is 2. The molecule has 23 heavy (non-hydrogen) atoms. The van der Waals surface area contributed by atoms with E-state index in [0.29, 0.717) is 17.0 Å². The maximum absolute atomic E-state index is 12.3. The van der Waals surface area contributed by atoms with Crippen LogP contribution in [-0.2, 0) is 9.53 Å². The van der Waals surface area contributed by atoms with Gasteiger partial charge >= 0.3 is 5.97 Å². The standard InChI is InChI=1S/C18H19NO4/c1-12-9-10-16(22-3)15(11-12)18(21)23-13(2)17(20)19-14-7-5-4-6-8-14/h4-11,13H,1-3H3,(H,19,20)/t13-/m0/s1. The Balaban J connectivity index is 2.05. The Morgan fingerprint density at radius 2 is 1.78 bits per heavy atom. The van der Waals surface area contributed by atoms with E-state index in [1.165, 1.54) is 14.0 Å². The maximum atomic E-state index is 12.3. The molecule has 0 radical (unpaired) electrons. The van der Waals surface area contributed by atoms with E-state index in [0.717, 1.165) is 5.56 Å². The zero-order valence-corrected chi connectivity index (χ0v) is 13.3. The number of amides is 1. The third-order valence-corrected chi connectivity index (χ3v) is 3.27. The number of para-hydroxylation sites is 1. The van der Waals surface area contributed by atoms with Gasteiger partial charge in [-0.1, -0.05) is 29.8 Å². The molecule has 2 aromatic rings. The van der Waals surface area contributed by atoms with Crippen LogP contribution < -0.4 is 10.1 Å². The number of hydrogen-bond acceptors (Lipinski definition) is 4. The molecule has 0 aliphatic carbocycles. The van der Waals surface area contributed by atoms with Gasteiger partial charge in [0.1, 0.15) is 11.3 Å². The van der Waals surface area contributed by atoms with Crippen molar-refractivity contribution < 1.29 is 19.1 Å². The second kappa shape index (κ2) is 7.45. The van der Waals surface area contributed by atoms with E-state index in [-0.39, 0.29) is 0 Å². The van der Waals surface area contributed by atoms with Crippen molar-refractivity contribution in [2.75, 3.05) is 12.4 Å². The second-order valence-electron chi connectivity index (χ2n) is 5.11. The Morgan fingerprint density at radius 3 is 2.43 bits per heavy atom. The molecule has 1 N–H and O–H groups in total. The topological polar surface area (TPSA) is 64.6 Å². The fourth-order valence-corrected chi connectivity index (χ4v) is 2.02. The lowest BCUT2D eigenvalue weighted by molar-refractivity contribution is -0.123. The first-order chi connectivity index (χ1) is 11.0. The van der Waals surface area contributed by atoms with E-state index >= 15 is 0 Å². The molecule has 1 atom stereocenters. The van der Waals surface area contributed by atoms with Crippen LogP contribution in [0, 0.1) is 6.92 Å². The number of anilines is 1. The van der Waals surface area contributed by atoms with Crippen LogP contribution in [0.1, 0.15) is 22.8 Å². The van der Waals surface area contributed by atoms with Gasteiger partial charge in [-0.05, 0) is 38.1 Å². The van der Waals surface area contributed by atoms with Crippen LogP contribution in [0.2, 0.25) is 0 Å². The number of methoxy groups -OCH3 is 1. The molecule has 0 fully saturated rings. The van der Waals surface area contributed by atoms with Gasteiger partial charge in [0.15, 0.2) is 6.10 Å². The first-order valence-electron chi connectivity index (χ1n) is 7.23. The normalized spacial score (nSPS) is 11.4. The van der Waals surface area contributed by atoms with Crippen LogP contribution >= 0.6 is 0 Å². The summed E-state index contributed by atoms with van der Waals surface area (Å²) in [6, 6.07) is 14.2. The number of benzene rings is 2. The summed E-state index contributed by atoms with van der Waals surface area (Å²) in [7, 11) is 1.48. The van der Waals surface area contributed by atoms with Gasteiger partial charge in [0.05, 0.1) is 7.11 Å². The molecule has 0 bridgehead atoms. The number of carbonyl (C=O) groups excluding carboxylic acids is 2. The SMILES string of the molecule is COc1ccc(C)cc1C(=O)O[C@@H](C)C(=O)Nc1ccccc1. The van der Waals surface area contributed by atoms with E-state index in [9.17, 15) is 9.59 Å². The zero-order valence-electron chi connectivity index (χ0n) is 13.3. The predicted octanol–water partition coefficient (Wildman–Crippen LogP) is 3.19. The van der Waals surface area contributed by atoms with Crippen molar-refractivity contribution in [3.05, 3.63) is 59.7 Å². The molecule has 0 saturated carbocycles. The largest absolute Gasteiger partial charge is 0.496 e. The highest BCUT2D eigenvalue weighted by Gasteiger charge is 2.21. The third kappa shape index (κ3) is 4.32. The Bertz CT molecular complexity index is 697. The van der Waals surface area contributed by atoms with Crippen molar-refractivity contribution in [1.82, 2.24) is 0 Å². The molecule has 0 heterocycles. The molecule has 0 aliphatic rings. The molecule has 5 heteroatoms. The molecule has 5 nitrogen and oxygen atoms in total. The number of esters is 1. The lowest BCUT2D eigenvalue weighted by Gasteiger charge is -2.15. The summed E-state index contributed by atoms with van der Waals surface area (Å²) in [6.45, 7) is 3.39. The molecule has 0 spiro atoms. The summed E-state index contributed by atoms with van der Waals surface area (Å²) < 4.78 is 10.4. The lowest BCUT2D eigenvalue weighted by atomic mass is 10.1. The summed E-state index contributed by atoms with van der Waals surface area (Å²) in [5.74, 6) is -0.575. The van der Waals surface area contributed by atoms with Crippen LogP contribution in [0.5, 0.6) is 5.75 Å². The smallest absolute Gasteiger partial charge is 0.342 e. The first kappa shape index (κ1) is 16.5. The molecule has 0 saturated heterocycles. The molecule has 0 aliphatic heterocycles. The number of ether oxygens (including phenoxy) is 2. The van der Waals surface area contributed by atoms with Crippen molar-refractivity contribution in [2.24, 2.45) is 0 Å². The summed E-state index contributed by atoms with van der Waals surface area (Å²) in [4.78, 5) is 24.3. The van der Waals surface area contributed by atoms with Crippen molar-refractivity contribution in [2.45, 2.75) is 20.0 Å². The number of hydrogen-bond donors (Lipinski definition) is 1. The molecular formula is C18H19NO4. The fraction of sp³-hybridized carbons (Fsp3) is 0.222. The fourth-order valence-electron chi connectivity index (χ4n) is 2.02. The minimum absolute atomic E-state index is 0.298. The van der Waals surface area contributed by atoms with E-state index in [4.69, 9.17) is 9.47 Å². The summed E-state index contributed by atoms with van der Waals surface area (Å²) in [6.07, 6.45) is -0.923. The quantitative estimate of drug-likeness (QED) is 0.861. The zero-order chi connectivity index (χ0) is 16.8. The molecule has 120 valence electrons.